The number of carbonyl (C=O) groups is 1. The lowest BCUT2D eigenvalue weighted by molar-refractivity contribution is 0.0649. The smallest absolute Gasteiger partial charge is 0.274 e. The number of hydrogen-bond acceptors (Lipinski definition) is 3. The van der Waals surface area contributed by atoms with Crippen molar-refractivity contribution in [2.75, 3.05) is 19.8 Å². The molecule has 1 unspecified atom stereocenters. The van der Waals surface area contributed by atoms with Gasteiger partial charge in [-0.05, 0) is 30.4 Å². The van der Waals surface area contributed by atoms with E-state index in [9.17, 15) is 4.79 Å². The van der Waals surface area contributed by atoms with Gasteiger partial charge in [0, 0.05) is 25.9 Å². The summed E-state index contributed by atoms with van der Waals surface area (Å²) in [7, 11) is 1.90. The van der Waals surface area contributed by atoms with Crippen LogP contribution in [0, 0.1) is 0 Å². The van der Waals surface area contributed by atoms with E-state index >= 15 is 0 Å². The lowest BCUT2D eigenvalue weighted by Crippen LogP contribution is -2.42. The SMILES string of the molecule is CC(C)c1cc(C(=O)N(CCc2ccccc2)C2CCOC2)nn1C. The number of rotatable bonds is 6. The van der Waals surface area contributed by atoms with E-state index in [4.69, 9.17) is 4.74 Å². The molecule has 1 amide bonds. The van der Waals surface area contributed by atoms with Crippen molar-refractivity contribution in [2.24, 2.45) is 7.05 Å². The zero-order valence-corrected chi connectivity index (χ0v) is 15.3. The Labute approximate surface area is 149 Å². The van der Waals surface area contributed by atoms with Gasteiger partial charge in [0.2, 0.25) is 0 Å². The van der Waals surface area contributed by atoms with Gasteiger partial charge in [0.05, 0.1) is 12.6 Å². The molecule has 25 heavy (non-hydrogen) atoms. The van der Waals surface area contributed by atoms with Gasteiger partial charge in [-0.3, -0.25) is 9.48 Å². The van der Waals surface area contributed by atoms with Gasteiger partial charge in [0.1, 0.15) is 0 Å². The fourth-order valence-electron chi connectivity index (χ4n) is 3.39. The van der Waals surface area contributed by atoms with E-state index in [1.807, 2.05) is 40.9 Å². The van der Waals surface area contributed by atoms with Gasteiger partial charge in [-0.1, -0.05) is 44.2 Å². The van der Waals surface area contributed by atoms with E-state index in [-0.39, 0.29) is 11.9 Å². The Hall–Kier alpha value is -2.14. The van der Waals surface area contributed by atoms with Crippen LogP contribution in [-0.2, 0) is 18.2 Å². The first kappa shape index (κ1) is 17.7. The second kappa shape index (κ2) is 7.83. The summed E-state index contributed by atoms with van der Waals surface area (Å²) in [5.41, 5.74) is 2.85. The number of aryl methyl sites for hydroxylation is 1. The van der Waals surface area contributed by atoms with Gasteiger partial charge in [-0.15, -0.1) is 0 Å². The van der Waals surface area contributed by atoms with Gasteiger partial charge >= 0.3 is 0 Å². The zero-order valence-electron chi connectivity index (χ0n) is 15.3. The van der Waals surface area contributed by atoms with Crippen molar-refractivity contribution in [1.82, 2.24) is 14.7 Å². The topological polar surface area (TPSA) is 47.4 Å². The lowest BCUT2D eigenvalue weighted by Gasteiger charge is -2.27. The quantitative estimate of drug-likeness (QED) is 0.811. The van der Waals surface area contributed by atoms with E-state index in [0.717, 1.165) is 25.1 Å². The second-order valence-electron chi connectivity index (χ2n) is 6.98. The molecule has 0 saturated carbocycles. The molecular weight excluding hydrogens is 314 g/mol. The van der Waals surface area contributed by atoms with E-state index in [0.29, 0.717) is 24.8 Å². The number of aromatic nitrogens is 2. The number of benzene rings is 1. The average molecular weight is 341 g/mol. The van der Waals surface area contributed by atoms with Crippen LogP contribution in [0.5, 0.6) is 0 Å². The fraction of sp³-hybridized carbons (Fsp3) is 0.500. The highest BCUT2D eigenvalue weighted by atomic mass is 16.5. The number of nitrogens with zero attached hydrogens (tertiary/aromatic N) is 3. The van der Waals surface area contributed by atoms with Gasteiger partial charge in [-0.25, -0.2) is 0 Å². The molecule has 1 atom stereocenters. The molecule has 1 aromatic carbocycles. The second-order valence-corrected chi connectivity index (χ2v) is 6.98. The minimum absolute atomic E-state index is 0.00827. The molecule has 0 aliphatic carbocycles. The number of amides is 1. The molecule has 5 heteroatoms. The summed E-state index contributed by atoms with van der Waals surface area (Å²) in [5.74, 6) is 0.348. The van der Waals surface area contributed by atoms with Crippen molar-refractivity contribution in [3.63, 3.8) is 0 Å². The molecule has 0 radical (unpaired) electrons. The first-order valence-corrected chi connectivity index (χ1v) is 9.03. The summed E-state index contributed by atoms with van der Waals surface area (Å²) < 4.78 is 7.34. The maximum Gasteiger partial charge on any atom is 0.274 e. The van der Waals surface area contributed by atoms with Crippen molar-refractivity contribution in [2.45, 2.75) is 38.6 Å². The minimum atomic E-state index is 0.00827. The van der Waals surface area contributed by atoms with Crippen molar-refractivity contribution >= 4 is 5.91 Å². The molecular formula is C20H27N3O2. The highest BCUT2D eigenvalue weighted by molar-refractivity contribution is 5.92. The molecule has 2 aromatic rings. The molecule has 1 fully saturated rings. The summed E-state index contributed by atoms with van der Waals surface area (Å²) in [6.07, 6.45) is 1.73. The van der Waals surface area contributed by atoms with Crippen molar-refractivity contribution in [3.05, 3.63) is 53.3 Å². The molecule has 3 rings (SSSR count). The van der Waals surface area contributed by atoms with E-state index in [1.54, 1.807) is 0 Å². The maximum absolute atomic E-state index is 13.1. The zero-order chi connectivity index (χ0) is 17.8. The number of carbonyl (C=O) groups excluding carboxylic acids is 1. The van der Waals surface area contributed by atoms with Crippen LogP contribution in [0.1, 0.15) is 47.9 Å². The molecule has 134 valence electrons. The number of ether oxygens (including phenoxy) is 1. The molecule has 5 nitrogen and oxygen atoms in total. The third-order valence-electron chi connectivity index (χ3n) is 4.82. The standard InChI is InChI=1S/C20H27N3O2/c1-15(2)19-13-18(21-22(19)3)20(24)23(17-10-12-25-14-17)11-9-16-7-5-4-6-8-16/h4-8,13,15,17H,9-12,14H2,1-3H3. The van der Waals surface area contributed by atoms with Gasteiger partial charge < -0.3 is 9.64 Å². The van der Waals surface area contributed by atoms with Gasteiger partial charge in [0.25, 0.3) is 5.91 Å². The predicted octanol–water partition coefficient (Wildman–Crippen LogP) is 3.02. The van der Waals surface area contributed by atoms with Crippen LogP contribution < -0.4 is 0 Å². The predicted molar refractivity (Wildman–Crippen MR) is 97.7 cm³/mol. The summed E-state index contributed by atoms with van der Waals surface area (Å²) in [5, 5.41) is 4.46. The van der Waals surface area contributed by atoms with Crippen molar-refractivity contribution in [1.29, 1.82) is 0 Å². The van der Waals surface area contributed by atoms with Crippen LogP contribution in [0.25, 0.3) is 0 Å². The third kappa shape index (κ3) is 4.10. The third-order valence-corrected chi connectivity index (χ3v) is 4.82. The summed E-state index contributed by atoms with van der Waals surface area (Å²) >= 11 is 0. The van der Waals surface area contributed by atoms with E-state index in [2.05, 4.69) is 31.1 Å². The molecule has 1 aliphatic heterocycles. The van der Waals surface area contributed by atoms with Crippen LogP contribution in [-0.4, -0.2) is 46.4 Å². The summed E-state index contributed by atoms with van der Waals surface area (Å²) in [4.78, 5) is 15.1. The van der Waals surface area contributed by atoms with Crippen LogP contribution in [0.3, 0.4) is 0 Å². The van der Waals surface area contributed by atoms with Crippen molar-refractivity contribution < 1.29 is 9.53 Å². The highest BCUT2D eigenvalue weighted by Gasteiger charge is 2.29. The minimum Gasteiger partial charge on any atom is -0.379 e. The molecule has 0 bridgehead atoms. The van der Waals surface area contributed by atoms with Crippen LogP contribution >= 0.6 is 0 Å². The monoisotopic (exact) mass is 341 g/mol. The molecule has 0 N–H and O–H groups in total. The molecule has 1 aromatic heterocycles. The largest absolute Gasteiger partial charge is 0.379 e. The lowest BCUT2D eigenvalue weighted by atomic mass is 10.1. The molecule has 0 spiro atoms. The summed E-state index contributed by atoms with van der Waals surface area (Å²) in [6, 6.07) is 12.4. The highest BCUT2D eigenvalue weighted by Crippen LogP contribution is 2.20. The Morgan fingerprint density at radius 2 is 2.12 bits per heavy atom. The van der Waals surface area contributed by atoms with Crippen LogP contribution in [0.4, 0.5) is 0 Å². The maximum atomic E-state index is 13.1. The van der Waals surface area contributed by atoms with Crippen LogP contribution in [0.15, 0.2) is 36.4 Å². The Bertz CT molecular complexity index is 703. The van der Waals surface area contributed by atoms with E-state index in [1.165, 1.54) is 5.56 Å². The van der Waals surface area contributed by atoms with Gasteiger partial charge in [-0.2, -0.15) is 5.10 Å². The molecule has 1 saturated heterocycles. The number of hydrogen-bond donors (Lipinski definition) is 0. The summed E-state index contributed by atoms with van der Waals surface area (Å²) in [6.45, 7) is 6.25. The average Bonchev–Trinajstić information content (AvgIpc) is 3.25. The Morgan fingerprint density at radius 1 is 1.36 bits per heavy atom. The fourth-order valence-corrected chi connectivity index (χ4v) is 3.39. The first-order valence-electron chi connectivity index (χ1n) is 9.03. The Balaban J connectivity index is 1.78. The Kier molecular flexibility index (Phi) is 5.53. The molecule has 1 aliphatic rings. The molecule has 2 heterocycles. The van der Waals surface area contributed by atoms with Crippen molar-refractivity contribution in [3.8, 4) is 0 Å². The first-order chi connectivity index (χ1) is 12.1. The van der Waals surface area contributed by atoms with Gasteiger partial charge in [0.15, 0.2) is 5.69 Å². The van der Waals surface area contributed by atoms with E-state index < -0.39 is 0 Å². The van der Waals surface area contributed by atoms with Crippen LogP contribution in [0.2, 0.25) is 0 Å². The Morgan fingerprint density at radius 3 is 2.72 bits per heavy atom. The normalized spacial score (nSPS) is 17.2.